The van der Waals surface area contributed by atoms with Crippen LogP contribution >= 0.6 is 0 Å². The third kappa shape index (κ3) is 5.73. The third-order valence-electron chi connectivity index (χ3n) is 6.79. The van der Waals surface area contributed by atoms with E-state index in [2.05, 4.69) is 15.6 Å². The minimum absolute atomic E-state index is 0.0945. The van der Waals surface area contributed by atoms with Crippen molar-refractivity contribution in [1.29, 1.82) is 0 Å². The summed E-state index contributed by atoms with van der Waals surface area (Å²) >= 11 is 0. The third-order valence-corrected chi connectivity index (χ3v) is 6.79. The van der Waals surface area contributed by atoms with Crippen LogP contribution < -0.4 is 5.32 Å². The van der Waals surface area contributed by atoms with Crippen molar-refractivity contribution >= 4 is 22.8 Å². The number of carbonyl (C=O) groups excluding carboxylic acids is 2. The molecule has 1 fully saturated rings. The van der Waals surface area contributed by atoms with Gasteiger partial charge >= 0.3 is 0 Å². The molecule has 1 aromatic heterocycles. The first-order chi connectivity index (χ1) is 18.5. The molecule has 0 radical (unpaired) electrons. The van der Waals surface area contributed by atoms with Crippen LogP contribution in [0.3, 0.4) is 0 Å². The Balaban J connectivity index is 1.50. The Kier molecular flexibility index (Phi) is 7.74. The number of nitrogens with zero attached hydrogens (tertiary/aromatic N) is 4. The maximum Gasteiger partial charge on any atom is 0.247 e. The maximum atomic E-state index is 15.2. The Bertz CT molecular complexity index is 1420. The van der Waals surface area contributed by atoms with Crippen molar-refractivity contribution in [2.75, 3.05) is 13.2 Å². The summed E-state index contributed by atoms with van der Waals surface area (Å²) in [5.74, 6) is -1.41. The molecule has 0 saturated carbocycles. The van der Waals surface area contributed by atoms with Crippen molar-refractivity contribution in [1.82, 2.24) is 25.2 Å². The van der Waals surface area contributed by atoms with Gasteiger partial charge in [0.2, 0.25) is 11.8 Å². The zero-order valence-electron chi connectivity index (χ0n) is 21.2. The smallest absolute Gasteiger partial charge is 0.247 e. The standard InChI is InChI=1S/C29H30FN5O3/c1-20-12-14-21(15-13-20)18-34(27(36)19-35-26-11-5-4-10-25(26)32-33-35)28(23-8-2-3-9-24(23)30)29(37)31-17-22-7-6-16-38-22/h2-5,8-15,22,28H,6-7,16-19H2,1H3,(H,31,37). The number of carbonyl (C=O) groups is 2. The van der Waals surface area contributed by atoms with Gasteiger partial charge in [0.25, 0.3) is 0 Å². The molecule has 2 atom stereocenters. The molecule has 1 saturated heterocycles. The molecule has 1 aliphatic rings. The van der Waals surface area contributed by atoms with Gasteiger partial charge in [0.15, 0.2) is 0 Å². The SMILES string of the molecule is Cc1ccc(CN(C(=O)Cn2nnc3ccccc32)C(C(=O)NCC2CCCO2)c2ccccc2F)cc1. The van der Waals surface area contributed by atoms with Crippen LogP contribution in [0.1, 0.15) is 35.6 Å². The lowest BCUT2D eigenvalue weighted by molar-refractivity contribution is -0.142. The van der Waals surface area contributed by atoms with Gasteiger partial charge in [-0.3, -0.25) is 9.59 Å². The van der Waals surface area contributed by atoms with E-state index in [0.717, 1.165) is 24.0 Å². The minimum atomic E-state index is -1.19. The first-order valence-corrected chi connectivity index (χ1v) is 12.8. The number of aromatic nitrogens is 3. The molecule has 5 rings (SSSR count). The quantitative estimate of drug-likeness (QED) is 0.365. The highest BCUT2D eigenvalue weighted by Gasteiger charge is 2.34. The van der Waals surface area contributed by atoms with Crippen molar-refractivity contribution in [3.8, 4) is 0 Å². The molecule has 2 unspecified atom stereocenters. The number of para-hydroxylation sites is 1. The summed E-state index contributed by atoms with van der Waals surface area (Å²) in [7, 11) is 0. The zero-order valence-corrected chi connectivity index (χ0v) is 21.2. The van der Waals surface area contributed by atoms with E-state index < -0.39 is 17.8 Å². The second-order valence-electron chi connectivity index (χ2n) is 9.55. The summed E-state index contributed by atoms with van der Waals surface area (Å²) in [4.78, 5) is 29.0. The van der Waals surface area contributed by atoms with Crippen LogP contribution in [0.4, 0.5) is 4.39 Å². The fraction of sp³-hybridized carbons (Fsp3) is 0.310. The van der Waals surface area contributed by atoms with E-state index in [4.69, 9.17) is 4.74 Å². The second kappa shape index (κ2) is 11.5. The highest BCUT2D eigenvalue weighted by atomic mass is 19.1. The van der Waals surface area contributed by atoms with Gasteiger partial charge in [-0.05, 0) is 43.5 Å². The lowest BCUT2D eigenvalue weighted by atomic mass is 10.0. The molecular formula is C29H30FN5O3. The highest BCUT2D eigenvalue weighted by molar-refractivity contribution is 5.89. The van der Waals surface area contributed by atoms with E-state index >= 15 is 4.39 Å². The maximum absolute atomic E-state index is 15.2. The van der Waals surface area contributed by atoms with Gasteiger partial charge < -0.3 is 15.0 Å². The van der Waals surface area contributed by atoms with E-state index in [-0.39, 0.29) is 30.7 Å². The lowest BCUT2D eigenvalue weighted by Crippen LogP contribution is -2.46. The molecule has 4 aromatic rings. The number of hydrogen-bond acceptors (Lipinski definition) is 5. The molecule has 3 aromatic carbocycles. The molecule has 8 nitrogen and oxygen atoms in total. The largest absolute Gasteiger partial charge is 0.376 e. The monoisotopic (exact) mass is 515 g/mol. The Morgan fingerprint density at radius 1 is 1.11 bits per heavy atom. The van der Waals surface area contributed by atoms with Crippen molar-refractivity contribution in [2.45, 2.75) is 45.0 Å². The molecule has 0 aliphatic carbocycles. The summed E-state index contributed by atoms with van der Waals surface area (Å²) in [6.07, 6.45) is 1.68. The molecule has 196 valence electrons. The first kappa shape index (κ1) is 25.5. The van der Waals surface area contributed by atoms with Crippen molar-refractivity contribution in [3.63, 3.8) is 0 Å². The lowest BCUT2D eigenvalue weighted by Gasteiger charge is -2.32. The predicted octanol–water partition coefficient (Wildman–Crippen LogP) is 3.94. The number of fused-ring (bicyclic) bond motifs is 1. The Morgan fingerprint density at radius 3 is 2.63 bits per heavy atom. The van der Waals surface area contributed by atoms with Crippen LogP contribution in [0.25, 0.3) is 11.0 Å². The summed E-state index contributed by atoms with van der Waals surface area (Å²) in [6, 6.07) is 19.9. The van der Waals surface area contributed by atoms with Gasteiger partial charge in [0.05, 0.1) is 11.6 Å². The van der Waals surface area contributed by atoms with Gasteiger partial charge in [-0.15, -0.1) is 5.10 Å². The van der Waals surface area contributed by atoms with E-state index in [1.807, 2.05) is 55.5 Å². The van der Waals surface area contributed by atoms with Gasteiger partial charge in [-0.1, -0.05) is 65.4 Å². The van der Waals surface area contributed by atoms with Crippen molar-refractivity contribution < 1.29 is 18.7 Å². The van der Waals surface area contributed by atoms with Gasteiger partial charge in [-0.2, -0.15) is 0 Å². The minimum Gasteiger partial charge on any atom is -0.376 e. The molecule has 2 heterocycles. The normalized spacial score (nSPS) is 15.9. The molecule has 0 bridgehead atoms. The van der Waals surface area contributed by atoms with Crippen LogP contribution in [-0.2, 0) is 27.4 Å². The van der Waals surface area contributed by atoms with E-state index in [0.29, 0.717) is 24.2 Å². The Hall–Kier alpha value is -4.11. The van der Waals surface area contributed by atoms with Crippen molar-refractivity contribution in [2.24, 2.45) is 0 Å². The fourth-order valence-corrected chi connectivity index (χ4v) is 4.73. The summed E-state index contributed by atoms with van der Waals surface area (Å²) in [5, 5.41) is 11.2. The van der Waals surface area contributed by atoms with E-state index in [1.165, 1.54) is 15.6 Å². The molecule has 9 heteroatoms. The van der Waals surface area contributed by atoms with Gasteiger partial charge in [0.1, 0.15) is 23.9 Å². The first-order valence-electron chi connectivity index (χ1n) is 12.8. The number of amides is 2. The zero-order chi connectivity index (χ0) is 26.5. The number of halogens is 1. The highest BCUT2D eigenvalue weighted by Crippen LogP contribution is 2.27. The molecule has 1 aliphatic heterocycles. The fourth-order valence-electron chi connectivity index (χ4n) is 4.73. The summed E-state index contributed by atoms with van der Waals surface area (Å²) in [6.45, 7) is 2.88. The van der Waals surface area contributed by atoms with Gasteiger partial charge in [0, 0.05) is 25.3 Å². The number of rotatable bonds is 9. The summed E-state index contributed by atoms with van der Waals surface area (Å²) in [5.41, 5.74) is 3.37. The van der Waals surface area contributed by atoms with Crippen LogP contribution in [0.2, 0.25) is 0 Å². The number of nitrogens with one attached hydrogen (secondary N) is 1. The van der Waals surface area contributed by atoms with Crippen LogP contribution in [0.5, 0.6) is 0 Å². The van der Waals surface area contributed by atoms with Crippen molar-refractivity contribution in [3.05, 3.63) is 95.3 Å². The van der Waals surface area contributed by atoms with E-state index in [9.17, 15) is 9.59 Å². The predicted molar refractivity (Wildman–Crippen MR) is 140 cm³/mol. The molecule has 1 N–H and O–H groups in total. The molecule has 38 heavy (non-hydrogen) atoms. The van der Waals surface area contributed by atoms with E-state index in [1.54, 1.807) is 18.2 Å². The summed E-state index contributed by atoms with van der Waals surface area (Å²) < 4.78 is 22.3. The van der Waals surface area contributed by atoms with Crippen LogP contribution in [0, 0.1) is 12.7 Å². The molecule has 0 spiro atoms. The number of ether oxygens (including phenoxy) is 1. The molecular weight excluding hydrogens is 485 g/mol. The average Bonchev–Trinajstić information content (AvgIpc) is 3.60. The molecule has 2 amide bonds. The van der Waals surface area contributed by atoms with Gasteiger partial charge in [-0.25, -0.2) is 9.07 Å². The Labute approximate surface area is 220 Å². The average molecular weight is 516 g/mol. The number of benzene rings is 3. The second-order valence-corrected chi connectivity index (χ2v) is 9.55. The van der Waals surface area contributed by atoms with Crippen LogP contribution in [0.15, 0.2) is 72.8 Å². The van der Waals surface area contributed by atoms with Crippen LogP contribution in [-0.4, -0.2) is 51.0 Å². The number of hydrogen-bond donors (Lipinski definition) is 1. The number of aryl methyl sites for hydroxylation is 1. The Morgan fingerprint density at radius 2 is 1.87 bits per heavy atom. The topological polar surface area (TPSA) is 89.4 Å².